The highest BCUT2D eigenvalue weighted by Gasteiger charge is 2.03. The van der Waals surface area contributed by atoms with Gasteiger partial charge in [0.15, 0.2) is 11.5 Å². The van der Waals surface area contributed by atoms with Crippen molar-refractivity contribution in [3.05, 3.63) is 59.4 Å². The molecule has 19 heavy (non-hydrogen) atoms. The van der Waals surface area contributed by atoms with E-state index in [1.54, 1.807) is 50.6 Å². The van der Waals surface area contributed by atoms with Crippen molar-refractivity contribution in [1.82, 2.24) is 0 Å². The van der Waals surface area contributed by atoms with Gasteiger partial charge in [0, 0.05) is 5.56 Å². The number of ether oxygens (including phenoxy) is 2. The van der Waals surface area contributed by atoms with Gasteiger partial charge in [-0.3, -0.25) is 0 Å². The molecule has 0 atom stereocenters. The fourth-order valence-corrected chi connectivity index (χ4v) is 1.62. The molecule has 0 aromatic heterocycles. The van der Waals surface area contributed by atoms with Crippen LogP contribution in [0.15, 0.2) is 42.5 Å². The van der Waals surface area contributed by atoms with Crippen LogP contribution in [0.3, 0.4) is 0 Å². The SMILES string of the molecule is COc1ccc(C#Cc2ccccc2F)cc1OC. The molecule has 0 heterocycles. The van der Waals surface area contributed by atoms with E-state index in [1.807, 2.05) is 0 Å². The highest BCUT2D eigenvalue weighted by molar-refractivity contribution is 5.50. The molecule has 0 saturated carbocycles. The second-order valence-electron chi connectivity index (χ2n) is 3.80. The number of benzene rings is 2. The summed E-state index contributed by atoms with van der Waals surface area (Å²) >= 11 is 0. The summed E-state index contributed by atoms with van der Waals surface area (Å²) in [6.07, 6.45) is 0. The van der Waals surface area contributed by atoms with Crippen LogP contribution < -0.4 is 9.47 Å². The summed E-state index contributed by atoms with van der Waals surface area (Å²) in [4.78, 5) is 0. The van der Waals surface area contributed by atoms with Gasteiger partial charge < -0.3 is 9.47 Å². The molecule has 0 aliphatic rings. The van der Waals surface area contributed by atoms with E-state index >= 15 is 0 Å². The number of rotatable bonds is 2. The summed E-state index contributed by atoms with van der Waals surface area (Å²) < 4.78 is 23.7. The first-order valence-corrected chi connectivity index (χ1v) is 5.73. The van der Waals surface area contributed by atoms with E-state index in [4.69, 9.17) is 9.47 Å². The van der Waals surface area contributed by atoms with Gasteiger partial charge in [0.25, 0.3) is 0 Å². The predicted octanol–water partition coefficient (Wildman–Crippen LogP) is 3.24. The highest BCUT2D eigenvalue weighted by Crippen LogP contribution is 2.27. The Morgan fingerprint density at radius 1 is 0.895 bits per heavy atom. The van der Waals surface area contributed by atoms with Crippen LogP contribution in [0.4, 0.5) is 4.39 Å². The lowest BCUT2D eigenvalue weighted by atomic mass is 10.1. The quantitative estimate of drug-likeness (QED) is 0.768. The number of methoxy groups -OCH3 is 2. The van der Waals surface area contributed by atoms with Gasteiger partial charge in [-0.15, -0.1) is 0 Å². The molecule has 0 fully saturated rings. The van der Waals surface area contributed by atoms with Gasteiger partial charge >= 0.3 is 0 Å². The molecule has 0 bridgehead atoms. The Hall–Kier alpha value is -2.47. The second kappa shape index (κ2) is 5.92. The molecule has 0 radical (unpaired) electrons. The van der Waals surface area contributed by atoms with E-state index in [1.165, 1.54) is 6.07 Å². The molecule has 0 aliphatic carbocycles. The normalized spacial score (nSPS) is 9.42. The molecule has 0 aliphatic heterocycles. The van der Waals surface area contributed by atoms with Crippen molar-refractivity contribution in [2.75, 3.05) is 14.2 Å². The maximum Gasteiger partial charge on any atom is 0.161 e. The largest absolute Gasteiger partial charge is 0.493 e. The molecule has 3 heteroatoms. The van der Waals surface area contributed by atoms with Crippen molar-refractivity contribution in [2.45, 2.75) is 0 Å². The van der Waals surface area contributed by atoms with Crippen molar-refractivity contribution in [1.29, 1.82) is 0 Å². The van der Waals surface area contributed by atoms with Crippen LogP contribution in [0.1, 0.15) is 11.1 Å². The fourth-order valence-electron chi connectivity index (χ4n) is 1.62. The first-order valence-electron chi connectivity index (χ1n) is 5.73. The topological polar surface area (TPSA) is 18.5 Å². The number of halogens is 1. The minimum Gasteiger partial charge on any atom is -0.493 e. The van der Waals surface area contributed by atoms with E-state index < -0.39 is 0 Å². The smallest absolute Gasteiger partial charge is 0.161 e. The Morgan fingerprint density at radius 2 is 1.63 bits per heavy atom. The second-order valence-corrected chi connectivity index (χ2v) is 3.80. The third-order valence-electron chi connectivity index (χ3n) is 2.60. The van der Waals surface area contributed by atoms with Crippen molar-refractivity contribution < 1.29 is 13.9 Å². The molecular weight excluding hydrogens is 243 g/mol. The summed E-state index contributed by atoms with van der Waals surface area (Å²) in [5, 5.41) is 0. The molecule has 2 nitrogen and oxygen atoms in total. The van der Waals surface area contributed by atoms with Gasteiger partial charge in [-0.25, -0.2) is 4.39 Å². The summed E-state index contributed by atoms with van der Waals surface area (Å²) in [5.41, 5.74) is 1.11. The number of hydrogen-bond donors (Lipinski definition) is 0. The van der Waals surface area contributed by atoms with Gasteiger partial charge in [-0.05, 0) is 30.3 Å². The van der Waals surface area contributed by atoms with Gasteiger partial charge in [-0.1, -0.05) is 24.0 Å². The zero-order chi connectivity index (χ0) is 13.7. The molecule has 2 rings (SSSR count). The van der Waals surface area contributed by atoms with E-state index in [2.05, 4.69) is 11.8 Å². The lowest BCUT2D eigenvalue weighted by molar-refractivity contribution is 0.355. The van der Waals surface area contributed by atoms with E-state index in [9.17, 15) is 4.39 Å². The fraction of sp³-hybridized carbons (Fsp3) is 0.125. The summed E-state index contributed by atoms with van der Waals surface area (Å²) in [5.74, 6) is 6.61. The minimum absolute atomic E-state index is 0.324. The van der Waals surface area contributed by atoms with Crippen molar-refractivity contribution >= 4 is 0 Å². The maximum atomic E-state index is 13.4. The van der Waals surface area contributed by atoms with Crippen molar-refractivity contribution in [2.24, 2.45) is 0 Å². The molecule has 0 N–H and O–H groups in total. The molecule has 2 aromatic rings. The molecular formula is C16H13FO2. The summed E-state index contributed by atoms with van der Waals surface area (Å²) in [6, 6.07) is 11.7. The van der Waals surface area contributed by atoms with Crippen LogP contribution in [-0.4, -0.2) is 14.2 Å². The van der Waals surface area contributed by atoms with Gasteiger partial charge in [-0.2, -0.15) is 0 Å². The Bertz CT molecular complexity index is 639. The van der Waals surface area contributed by atoms with E-state index in [0.29, 0.717) is 17.1 Å². The van der Waals surface area contributed by atoms with Gasteiger partial charge in [0.2, 0.25) is 0 Å². The minimum atomic E-state index is -0.324. The summed E-state index contributed by atoms with van der Waals surface area (Å²) in [7, 11) is 3.13. The molecule has 0 amide bonds. The first kappa shape index (κ1) is 13.0. The lowest BCUT2D eigenvalue weighted by Crippen LogP contribution is -1.90. The Kier molecular flexibility index (Phi) is 4.04. The lowest BCUT2D eigenvalue weighted by Gasteiger charge is -2.06. The average Bonchev–Trinajstić information content (AvgIpc) is 2.46. The Labute approximate surface area is 111 Å². The highest BCUT2D eigenvalue weighted by atomic mass is 19.1. The Balaban J connectivity index is 2.33. The average molecular weight is 256 g/mol. The third kappa shape index (κ3) is 3.05. The van der Waals surface area contributed by atoms with E-state index in [-0.39, 0.29) is 5.82 Å². The molecule has 0 unspecified atom stereocenters. The van der Waals surface area contributed by atoms with Crippen molar-refractivity contribution in [3.8, 4) is 23.3 Å². The van der Waals surface area contributed by atoms with Gasteiger partial charge in [0.1, 0.15) is 5.82 Å². The van der Waals surface area contributed by atoms with E-state index in [0.717, 1.165) is 5.56 Å². The van der Waals surface area contributed by atoms with Crippen LogP contribution in [0.25, 0.3) is 0 Å². The zero-order valence-corrected chi connectivity index (χ0v) is 10.7. The molecule has 0 saturated heterocycles. The molecule has 2 aromatic carbocycles. The van der Waals surface area contributed by atoms with Crippen LogP contribution in [-0.2, 0) is 0 Å². The van der Waals surface area contributed by atoms with Crippen LogP contribution in [0.5, 0.6) is 11.5 Å². The predicted molar refractivity (Wildman–Crippen MR) is 71.9 cm³/mol. The van der Waals surface area contributed by atoms with Crippen LogP contribution in [0, 0.1) is 17.7 Å². The molecule has 96 valence electrons. The standard InChI is InChI=1S/C16H13FO2/c1-18-15-10-8-12(11-16(15)19-2)7-9-13-5-3-4-6-14(13)17/h3-6,8,10-11H,1-2H3. The maximum absolute atomic E-state index is 13.4. The van der Waals surface area contributed by atoms with Gasteiger partial charge in [0.05, 0.1) is 19.8 Å². The Morgan fingerprint density at radius 3 is 2.32 bits per heavy atom. The van der Waals surface area contributed by atoms with Crippen molar-refractivity contribution in [3.63, 3.8) is 0 Å². The zero-order valence-electron chi connectivity index (χ0n) is 10.7. The molecule has 0 spiro atoms. The van der Waals surface area contributed by atoms with Crippen LogP contribution >= 0.6 is 0 Å². The number of hydrogen-bond acceptors (Lipinski definition) is 2. The third-order valence-corrected chi connectivity index (χ3v) is 2.60. The summed E-state index contributed by atoms with van der Waals surface area (Å²) in [6.45, 7) is 0. The first-order chi connectivity index (χ1) is 9.24. The monoisotopic (exact) mass is 256 g/mol. The van der Waals surface area contributed by atoms with Crippen LogP contribution in [0.2, 0.25) is 0 Å².